The van der Waals surface area contributed by atoms with E-state index in [9.17, 15) is 0 Å². The predicted octanol–water partition coefficient (Wildman–Crippen LogP) is 2.80. The van der Waals surface area contributed by atoms with Crippen molar-refractivity contribution in [3.8, 4) is 0 Å². The third kappa shape index (κ3) is 2.06. The standard InChI is InChI=1S/C10H10/c1-2-3-7-10-8-5-4-6-9-10/h1,3-9H,2H2. The van der Waals surface area contributed by atoms with Gasteiger partial charge in [0.2, 0.25) is 0 Å². The van der Waals surface area contributed by atoms with Gasteiger partial charge in [0, 0.05) is 0 Å². The number of allylic oxidation sites excluding steroid dienone is 1. The summed E-state index contributed by atoms with van der Waals surface area (Å²) in [5.74, 6) is 0. The molecule has 0 spiro atoms. The molecule has 0 amide bonds. The van der Waals surface area contributed by atoms with Crippen molar-refractivity contribution in [2.75, 3.05) is 0 Å². The van der Waals surface area contributed by atoms with Crippen LogP contribution in [0, 0.1) is 6.92 Å². The van der Waals surface area contributed by atoms with Crippen LogP contribution in [-0.4, -0.2) is 0 Å². The lowest BCUT2D eigenvalue weighted by Gasteiger charge is -1.88. The van der Waals surface area contributed by atoms with Crippen LogP contribution in [0.3, 0.4) is 0 Å². The molecule has 0 fully saturated rings. The summed E-state index contributed by atoms with van der Waals surface area (Å²) in [5.41, 5.74) is 1.20. The average Bonchev–Trinajstić information content (AvgIpc) is 2.03. The predicted molar refractivity (Wildman–Crippen MR) is 44.4 cm³/mol. The molecule has 0 nitrogen and oxygen atoms in total. The van der Waals surface area contributed by atoms with Gasteiger partial charge in [0.25, 0.3) is 0 Å². The van der Waals surface area contributed by atoms with Crippen LogP contribution in [-0.2, 0) is 0 Å². The monoisotopic (exact) mass is 130 g/mol. The van der Waals surface area contributed by atoms with Crippen molar-refractivity contribution in [3.63, 3.8) is 0 Å². The Bertz CT molecular complexity index is 197. The van der Waals surface area contributed by atoms with Gasteiger partial charge in [0.15, 0.2) is 0 Å². The molecular weight excluding hydrogens is 120 g/mol. The second kappa shape index (κ2) is 3.89. The first-order valence-corrected chi connectivity index (χ1v) is 3.35. The Morgan fingerprint density at radius 1 is 1.20 bits per heavy atom. The molecule has 0 saturated heterocycles. The maximum atomic E-state index is 5.29. The highest BCUT2D eigenvalue weighted by atomic mass is 13.8. The van der Waals surface area contributed by atoms with Gasteiger partial charge in [-0.3, -0.25) is 0 Å². The van der Waals surface area contributed by atoms with E-state index in [2.05, 4.69) is 0 Å². The van der Waals surface area contributed by atoms with Gasteiger partial charge in [-0.05, 0) is 18.9 Å². The van der Waals surface area contributed by atoms with Gasteiger partial charge in [-0.1, -0.05) is 42.5 Å². The molecule has 0 aliphatic heterocycles. The molecule has 0 aliphatic rings. The van der Waals surface area contributed by atoms with E-state index in [0.29, 0.717) is 6.42 Å². The minimum atomic E-state index is 0.606. The van der Waals surface area contributed by atoms with Crippen molar-refractivity contribution in [2.24, 2.45) is 0 Å². The number of hydrogen-bond acceptors (Lipinski definition) is 0. The van der Waals surface area contributed by atoms with Gasteiger partial charge in [-0.15, -0.1) is 0 Å². The van der Waals surface area contributed by atoms with E-state index in [1.54, 1.807) is 0 Å². The Labute approximate surface area is 62.2 Å². The van der Waals surface area contributed by atoms with Crippen LogP contribution >= 0.6 is 0 Å². The third-order valence-electron chi connectivity index (χ3n) is 1.25. The summed E-state index contributed by atoms with van der Waals surface area (Å²) in [6.45, 7) is 5.29. The molecule has 0 bridgehead atoms. The molecule has 0 aliphatic carbocycles. The highest BCUT2D eigenvalue weighted by Gasteiger charge is 1.79. The lowest BCUT2D eigenvalue weighted by Crippen LogP contribution is -1.66. The fraction of sp³-hybridized carbons (Fsp3) is 0.100. The highest BCUT2D eigenvalue weighted by Crippen LogP contribution is 2.00. The first-order chi connectivity index (χ1) is 4.93. The molecule has 0 heterocycles. The lowest BCUT2D eigenvalue weighted by molar-refractivity contribution is 1.42. The van der Waals surface area contributed by atoms with E-state index in [4.69, 9.17) is 6.92 Å². The zero-order valence-electron chi connectivity index (χ0n) is 5.83. The van der Waals surface area contributed by atoms with Crippen LogP contribution in [0.25, 0.3) is 6.08 Å². The van der Waals surface area contributed by atoms with Crippen LogP contribution in [0.2, 0.25) is 0 Å². The Hall–Kier alpha value is -1.04. The summed E-state index contributed by atoms with van der Waals surface area (Å²) in [7, 11) is 0. The van der Waals surface area contributed by atoms with Crippen LogP contribution < -0.4 is 0 Å². The Morgan fingerprint density at radius 3 is 2.50 bits per heavy atom. The van der Waals surface area contributed by atoms with Crippen molar-refractivity contribution in [2.45, 2.75) is 6.42 Å². The van der Waals surface area contributed by atoms with Gasteiger partial charge in [0.05, 0.1) is 0 Å². The molecule has 0 atom stereocenters. The molecule has 1 aromatic rings. The fourth-order valence-electron chi connectivity index (χ4n) is 0.768. The minimum absolute atomic E-state index is 0.606. The zero-order valence-corrected chi connectivity index (χ0v) is 5.83. The first-order valence-electron chi connectivity index (χ1n) is 3.35. The topological polar surface area (TPSA) is 0 Å². The van der Waals surface area contributed by atoms with E-state index in [-0.39, 0.29) is 0 Å². The molecule has 1 aromatic carbocycles. The summed E-state index contributed by atoms with van der Waals surface area (Å²) in [4.78, 5) is 0. The second-order valence-corrected chi connectivity index (χ2v) is 2.05. The fourth-order valence-corrected chi connectivity index (χ4v) is 0.768. The summed E-state index contributed by atoms with van der Waals surface area (Å²) in [5, 5.41) is 0. The molecule has 0 heteroatoms. The summed E-state index contributed by atoms with van der Waals surface area (Å²) >= 11 is 0. The van der Waals surface area contributed by atoms with Crippen molar-refractivity contribution in [3.05, 3.63) is 48.9 Å². The largest absolute Gasteiger partial charge is 0.0836 e. The Kier molecular flexibility index (Phi) is 2.75. The minimum Gasteiger partial charge on any atom is -0.0836 e. The molecule has 1 rings (SSSR count). The van der Waals surface area contributed by atoms with Crippen molar-refractivity contribution >= 4 is 6.08 Å². The van der Waals surface area contributed by atoms with E-state index in [1.807, 2.05) is 42.5 Å². The van der Waals surface area contributed by atoms with Crippen molar-refractivity contribution < 1.29 is 0 Å². The van der Waals surface area contributed by atoms with Gasteiger partial charge >= 0.3 is 0 Å². The van der Waals surface area contributed by atoms with Gasteiger partial charge in [0.1, 0.15) is 0 Å². The average molecular weight is 130 g/mol. The van der Waals surface area contributed by atoms with Gasteiger partial charge in [-0.25, -0.2) is 0 Å². The summed E-state index contributed by atoms with van der Waals surface area (Å²) < 4.78 is 0. The van der Waals surface area contributed by atoms with Gasteiger partial charge in [-0.2, -0.15) is 0 Å². The normalized spacial score (nSPS) is 10.5. The molecule has 0 aromatic heterocycles. The molecule has 0 N–H and O–H groups in total. The quantitative estimate of drug-likeness (QED) is 0.577. The Morgan fingerprint density at radius 2 is 1.90 bits per heavy atom. The molecule has 0 unspecified atom stereocenters. The number of rotatable bonds is 2. The maximum absolute atomic E-state index is 5.29. The molecule has 10 heavy (non-hydrogen) atoms. The van der Waals surface area contributed by atoms with Crippen LogP contribution in [0.4, 0.5) is 0 Å². The van der Waals surface area contributed by atoms with Crippen LogP contribution in [0.5, 0.6) is 0 Å². The van der Waals surface area contributed by atoms with Crippen LogP contribution in [0.1, 0.15) is 12.0 Å². The number of benzene rings is 1. The van der Waals surface area contributed by atoms with E-state index < -0.39 is 0 Å². The second-order valence-electron chi connectivity index (χ2n) is 2.05. The summed E-state index contributed by atoms with van der Waals surface area (Å²) in [6.07, 6.45) is 4.56. The number of hydrogen-bond donors (Lipinski definition) is 0. The smallest absolute Gasteiger partial charge is 0.0260 e. The highest BCUT2D eigenvalue weighted by molar-refractivity contribution is 5.48. The van der Waals surface area contributed by atoms with E-state index in [0.717, 1.165) is 0 Å². The van der Waals surface area contributed by atoms with E-state index in [1.165, 1.54) is 5.56 Å². The maximum Gasteiger partial charge on any atom is -0.0260 e. The first kappa shape index (κ1) is 7.07. The molecule has 2 radical (unpaired) electrons. The summed E-state index contributed by atoms with van der Waals surface area (Å²) in [6, 6.07) is 10.1. The Balaban J connectivity index is 2.67. The van der Waals surface area contributed by atoms with Crippen molar-refractivity contribution in [1.82, 2.24) is 0 Å². The lowest BCUT2D eigenvalue weighted by atomic mass is 10.2. The zero-order chi connectivity index (χ0) is 7.23. The van der Waals surface area contributed by atoms with Gasteiger partial charge < -0.3 is 0 Å². The SMILES string of the molecule is [CH]CC=Cc1ccccc1. The molecule has 0 saturated carbocycles. The van der Waals surface area contributed by atoms with Crippen molar-refractivity contribution in [1.29, 1.82) is 0 Å². The third-order valence-corrected chi connectivity index (χ3v) is 1.25. The molecular formula is C10H10. The van der Waals surface area contributed by atoms with Crippen LogP contribution in [0.15, 0.2) is 36.4 Å². The van der Waals surface area contributed by atoms with E-state index >= 15 is 0 Å². The molecule has 50 valence electrons.